The van der Waals surface area contributed by atoms with Gasteiger partial charge in [-0.2, -0.15) is 0 Å². The molecule has 0 radical (unpaired) electrons. The van der Waals surface area contributed by atoms with E-state index in [1.807, 2.05) is 12.1 Å². The normalized spacial score (nSPS) is 11.0. The van der Waals surface area contributed by atoms with Crippen LogP contribution in [0.5, 0.6) is 0 Å². The smallest absolute Gasteiger partial charge is 0.201 e. The number of rotatable bonds is 4. The molecule has 2 aromatic carbocycles. The maximum atomic E-state index is 13.1. The van der Waals surface area contributed by atoms with Crippen LogP contribution < -0.4 is 5.32 Å². The van der Waals surface area contributed by atoms with E-state index in [4.69, 9.17) is 23.2 Å². The first-order valence-electron chi connectivity index (χ1n) is 6.45. The highest BCUT2D eigenvalue weighted by Crippen LogP contribution is 2.21. The third-order valence-corrected chi connectivity index (χ3v) is 3.73. The van der Waals surface area contributed by atoms with Crippen LogP contribution in [0.2, 0.25) is 10.0 Å². The molecule has 6 heteroatoms. The number of nitrogens with zero attached hydrogens (tertiary/aromatic N) is 1. The van der Waals surface area contributed by atoms with Crippen LogP contribution in [0.1, 0.15) is 5.56 Å². The number of hydrogen-bond donors (Lipinski definition) is 2. The number of benzene rings is 2. The van der Waals surface area contributed by atoms with Crippen molar-refractivity contribution in [2.75, 3.05) is 11.9 Å². The predicted octanol–water partition coefficient (Wildman–Crippen LogP) is 4.66. The van der Waals surface area contributed by atoms with Crippen LogP contribution >= 0.6 is 23.2 Å². The fourth-order valence-corrected chi connectivity index (χ4v) is 2.61. The maximum Gasteiger partial charge on any atom is 0.201 e. The Hall–Kier alpha value is -1.78. The van der Waals surface area contributed by atoms with Crippen molar-refractivity contribution in [2.24, 2.45) is 0 Å². The van der Waals surface area contributed by atoms with Gasteiger partial charge in [0.1, 0.15) is 5.82 Å². The average molecular weight is 324 g/mol. The number of fused-ring (bicyclic) bond motifs is 1. The second-order valence-electron chi connectivity index (χ2n) is 4.66. The summed E-state index contributed by atoms with van der Waals surface area (Å²) in [6, 6.07) is 9.89. The van der Waals surface area contributed by atoms with E-state index < -0.39 is 0 Å². The van der Waals surface area contributed by atoms with Gasteiger partial charge in [0.05, 0.1) is 11.0 Å². The molecule has 1 aromatic heterocycles. The highest BCUT2D eigenvalue weighted by molar-refractivity contribution is 6.35. The van der Waals surface area contributed by atoms with Crippen LogP contribution in [0.3, 0.4) is 0 Å². The highest BCUT2D eigenvalue weighted by atomic mass is 35.5. The van der Waals surface area contributed by atoms with E-state index in [2.05, 4.69) is 15.3 Å². The maximum absolute atomic E-state index is 13.1. The standard InChI is InChI=1S/C15H12Cl2FN3/c16-10-2-1-9(12(17)7-10)5-6-19-15-20-13-4-3-11(18)8-14(13)21-15/h1-4,7-8H,5-6H2,(H2,19,20,21). The molecule has 0 atom stereocenters. The van der Waals surface area contributed by atoms with Crippen LogP contribution in [-0.2, 0) is 6.42 Å². The average Bonchev–Trinajstić information content (AvgIpc) is 2.83. The van der Waals surface area contributed by atoms with Gasteiger partial charge in [-0.1, -0.05) is 29.3 Å². The van der Waals surface area contributed by atoms with Gasteiger partial charge in [-0.3, -0.25) is 0 Å². The summed E-state index contributed by atoms with van der Waals surface area (Å²) in [6.45, 7) is 0.656. The van der Waals surface area contributed by atoms with Gasteiger partial charge < -0.3 is 10.3 Å². The summed E-state index contributed by atoms with van der Waals surface area (Å²) < 4.78 is 13.1. The van der Waals surface area contributed by atoms with E-state index >= 15 is 0 Å². The Balaban J connectivity index is 1.66. The molecule has 21 heavy (non-hydrogen) atoms. The number of nitrogens with one attached hydrogen (secondary N) is 2. The molecule has 0 aliphatic rings. The second-order valence-corrected chi connectivity index (χ2v) is 5.50. The molecule has 0 unspecified atom stereocenters. The predicted molar refractivity (Wildman–Crippen MR) is 84.7 cm³/mol. The van der Waals surface area contributed by atoms with Crippen LogP contribution in [0.4, 0.5) is 10.3 Å². The van der Waals surface area contributed by atoms with Crippen molar-refractivity contribution in [3.05, 3.63) is 57.8 Å². The quantitative estimate of drug-likeness (QED) is 0.732. The molecule has 0 aliphatic carbocycles. The third-order valence-electron chi connectivity index (χ3n) is 3.15. The van der Waals surface area contributed by atoms with Crippen molar-refractivity contribution in [3.63, 3.8) is 0 Å². The first-order valence-corrected chi connectivity index (χ1v) is 7.20. The minimum absolute atomic E-state index is 0.286. The van der Waals surface area contributed by atoms with E-state index in [0.29, 0.717) is 28.1 Å². The van der Waals surface area contributed by atoms with Gasteiger partial charge in [0, 0.05) is 16.6 Å². The van der Waals surface area contributed by atoms with Gasteiger partial charge in [-0.25, -0.2) is 9.37 Å². The summed E-state index contributed by atoms with van der Waals surface area (Å²) in [7, 11) is 0. The molecule has 2 N–H and O–H groups in total. The summed E-state index contributed by atoms with van der Waals surface area (Å²) in [5.74, 6) is 0.325. The van der Waals surface area contributed by atoms with Gasteiger partial charge in [-0.05, 0) is 42.3 Å². The number of H-pyrrole nitrogens is 1. The Morgan fingerprint density at radius 1 is 1.14 bits per heavy atom. The van der Waals surface area contributed by atoms with Crippen LogP contribution in [0.15, 0.2) is 36.4 Å². The van der Waals surface area contributed by atoms with E-state index in [0.717, 1.165) is 17.5 Å². The molecule has 0 aliphatic heterocycles. The lowest BCUT2D eigenvalue weighted by Crippen LogP contribution is -2.06. The van der Waals surface area contributed by atoms with Crippen molar-refractivity contribution >= 4 is 40.2 Å². The summed E-state index contributed by atoms with van der Waals surface area (Å²) in [5, 5.41) is 4.43. The van der Waals surface area contributed by atoms with Crippen molar-refractivity contribution in [1.82, 2.24) is 9.97 Å². The number of hydrogen-bond acceptors (Lipinski definition) is 2. The highest BCUT2D eigenvalue weighted by Gasteiger charge is 2.05. The first-order chi connectivity index (χ1) is 10.1. The minimum atomic E-state index is -0.286. The molecular weight excluding hydrogens is 312 g/mol. The molecule has 3 rings (SSSR count). The van der Waals surface area contributed by atoms with Crippen molar-refractivity contribution in [3.8, 4) is 0 Å². The molecule has 0 fully saturated rings. The van der Waals surface area contributed by atoms with Gasteiger partial charge in [-0.15, -0.1) is 0 Å². The van der Waals surface area contributed by atoms with Gasteiger partial charge in [0.15, 0.2) is 0 Å². The fourth-order valence-electron chi connectivity index (χ4n) is 2.11. The van der Waals surface area contributed by atoms with Crippen molar-refractivity contribution in [2.45, 2.75) is 6.42 Å². The van der Waals surface area contributed by atoms with E-state index in [9.17, 15) is 4.39 Å². The Kier molecular flexibility index (Phi) is 3.99. The second kappa shape index (κ2) is 5.92. The Morgan fingerprint density at radius 3 is 2.81 bits per heavy atom. The number of anilines is 1. The fraction of sp³-hybridized carbons (Fsp3) is 0.133. The van der Waals surface area contributed by atoms with Crippen molar-refractivity contribution < 1.29 is 4.39 Å². The zero-order valence-corrected chi connectivity index (χ0v) is 12.5. The summed E-state index contributed by atoms with van der Waals surface area (Å²) in [6.07, 6.45) is 0.738. The first kappa shape index (κ1) is 14.2. The molecule has 108 valence electrons. The van der Waals surface area contributed by atoms with Gasteiger partial charge in [0.2, 0.25) is 5.95 Å². The van der Waals surface area contributed by atoms with E-state index in [1.54, 1.807) is 12.1 Å². The molecule has 3 aromatic rings. The van der Waals surface area contributed by atoms with Gasteiger partial charge in [0.25, 0.3) is 0 Å². The summed E-state index contributed by atoms with van der Waals surface area (Å²) in [4.78, 5) is 7.36. The molecule has 0 amide bonds. The molecule has 1 heterocycles. The number of imidazole rings is 1. The van der Waals surface area contributed by atoms with E-state index in [-0.39, 0.29) is 5.82 Å². The molecule has 0 bridgehead atoms. The van der Waals surface area contributed by atoms with Crippen LogP contribution in [0.25, 0.3) is 11.0 Å². The number of aromatic amines is 1. The Bertz CT molecular complexity index is 786. The monoisotopic (exact) mass is 323 g/mol. The summed E-state index contributed by atoms with van der Waals surface area (Å²) in [5.41, 5.74) is 2.40. The molecule has 0 spiro atoms. The zero-order chi connectivity index (χ0) is 14.8. The lowest BCUT2D eigenvalue weighted by atomic mass is 10.1. The minimum Gasteiger partial charge on any atom is -0.355 e. The van der Waals surface area contributed by atoms with Crippen LogP contribution in [-0.4, -0.2) is 16.5 Å². The largest absolute Gasteiger partial charge is 0.355 e. The number of halogens is 3. The summed E-state index contributed by atoms with van der Waals surface area (Å²) >= 11 is 12.0. The van der Waals surface area contributed by atoms with Gasteiger partial charge >= 0.3 is 0 Å². The lowest BCUT2D eigenvalue weighted by molar-refractivity contribution is 0.629. The van der Waals surface area contributed by atoms with E-state index in [1.165, 1.54) is 12.1 Å². The Morgan fingerprint density at radius 2 is 2.00 bits per heavy atom. The molecular formula is C15H12Cl2FN3. The van der Waals surface area contributed by atoms with Crippen LogP contribution in [0, 0.1) is 5.82 Å². The zero-order valence-electron chi connectivity index (χ0n) is 11.0. The SMILES string of the molecule is Fc1ccc2nc(NCCc3ccc(Cl)cc3Cl)[nH]c2c1. The molecule has 3 nitrogen and oxygen atoms in total. The molecule has 0 saturated carbocycles. The topological polar surface area (TPSA) is 40.7 Å². The lowest BCUT2D eigenvalue weighted by Gasteiger charge is -2.05. The molecule has 0 saturated heterocycles. The van der Waals surface area contributed by atoms with Crippen molar-refractivity contribution in [1.29, 1.82) is 0 Å². The number of aromatic nitrogens is 2. The third kappa shape index (κ3) is 3.28. The Labute approximate surface area is 131 Å².